The van der Waals surface area contributed by atoms with Crippen molar-refractivity contribution in [2.75, 3.05) is 13.2 Å². The Morgan fingerprint density at radius 1 is 0.371 bits per heavy atom. The predicted molar refractivity (Wildman–Crippen MR) is 269 cm³/mol. The molecule has 0 amide bonds. The Bertz CT molecular complexity index is 1200. The van der Waals surface area contributed by atoms with E-state index in [0.717, 1.165) is 70.6 Å². The molecule has 5 heteroatoms. The maximum Gasteiger partial charge on any atom is 0.306 e. The number of aliphatic hydroxyl groups is 1. The fourth-order valence-corrected chi connectivity index (χ4v) is 7.09. The molecular weight excluding hydrogens is 765 g/mol. The highest BCUT2D eigenvalue weighted by Gasteiger charge is 2.16. The number of hydrogen-bond donors (Lipinski definition) is 1. The van der Waals surface area contributed by atoms with Crippen molar-refractivity contribution in [3.8, 4) is 0 Å². The first-order valence-electron chi connectivity index (χ1n) is 25.8. The quantitative estimate of drug-likeness (QED) is 0.0375. The molecule has 0 saturated heterocycles. The molecule has 5 nitrogen and oxygen atoms in total. The zero-order valence-corrected chi connectivity index (χ0v) is 40.4. The van der Waals surface area contributed by atoms with Crippen LogP contribution in [0.4, 0.5) is 0 Å². The predicted octanol–water partition coefficient (Wildman–Crippen LogP) is 17.2. The van der Waals surface area contributed by atoms with Crippen LogP contribution < -0.4 is 0 Å². The average Bonchev–Trinajstić information content (AvgIpc) is 3.28. The smallest absolute Gasteiger partial charge is 0.306 e. The lowest BCUT2D eigenvalue weighted by Gasteiger charge is -2.15. The number of allylic oxidation sites excluding steroid dienone is 16. The molecule has 0 heterocycles. The molecule has 354 valence electrons. The van der Waals surface area contributed by atoms with Gasteiger partial charge in [-0.3, -0.25) is 9.59 Å². The fourth-order valence-electron chi connectivity index (χ4n) is 7.09. The van der Waals surface area contributed by atoms with Crippen LogP contribution in [0.5, 0.6) is 0 Å². The van der Waals surface area contributed by atoms with E-state index in [4.69, 9.17) is 9.47 Å². The van der Waals surface area contributed by atoms with Gasteiger partial charge in [0.25, 0.3) is 0 Å². The van der Waals surface area contributed by atoms with Crippen LogP contribution in [0.15, 0.2) is 97.2 Å². The van der Waals surface area contributed by atoms with Crippen molar-refractivity contribution in [3.63, 3.8) is 0 Å². The molecule has 0 aliphatic heterocycles. The summed E-state index contributed by atoms with van der Waals surface area (Å²) in [5, 5.41) is 9.59. The first-order valence-corrected chi connectivity index (χ1v) is 25.8. The average molecular weight is 861 g/mol. The van der Waals surface area contributed by atoms with Gasteiger partial charge in [-0.15, -0.1) is 0 Å². The van der Waals surface area contributed by atoms with Crippen molar-refractivity contribution in [2.45, 2.75) is 238 Å². The monoisotopic (exact) mass is 861 g/mol. The molecule has 0 aromatic rings. The van der Waals surface area contributed by atoms with Gasteiger partial charge in [0.05, 0.1) is 6.61 Å². The number of hydrogen-bond acceptors (Lipinski definition) is 5. The van der Waals surface area contributed by atoms with Gasteiger partial charge in [0.2, 0.25) is 0 Å². The lowest BCUT2D eigenvalue weighted by atomic mass is 10.0. The fraction of sp³-hybridized carbons (Fsp3) is 0.684. The summed E-state index contributed by atoms with van der Waals surface area (Å²) in [7, 11) is 0. The normalized spacial score (nSPS) is 13.0. The minimum absolute atomic E-state index is 0.106. The van der Waals surface area contributed by atoms with E-state index in [-0.39, 0.29) is 31.6 Å². The Morgan fingerprint density at radius 3 is 1.03 bits per heavy atom. The second-order valence-electron chi connectivity index (χ2n) is 16.8. The van der Waals surface area contributed by atoms with E-state index in [0.29, 0.717) is 12.8 Å². The number of esters is 2. The van der Waals surface area contributed by atoms with Crippen molar-refractivity contribution in [2.24, 2.45) is 0 Å². The zero-order valence-electron chi connectivity index (χ0n) is 40.4. The number of unbranched alkanes of at least 4 members (excludes halogenated alkanes) is 22. The Balaban J connectivity index is 3.46. The summed E-state index contributed by atoms with van der Waals surface area (Å²) in [5.41, 5.74) is 0. The minimum atomic E-state index is -0.803. The minimum Gasteiger partial charge on any atom is -0.462 e. The lowest BCUT2D eigenvalue weighted by molar-refractivity contribution is -0.161. The van der Waals surface area contributed by atoms with Gasteiger partial charge >= 0.3 is 11.9 Å². The van der Waals surface area contributed by atoms with E-state index in [9.17, 15) is 14.7 Å². The van der Waals surface area contributed by atoms with Gasteiger partial charge in [0, 0.05) is 12.8 Å². The molecule has 0 rings (SSSR count). The molecule has 1 N–H and O–H groups in total. The van der Waals surface area contributed by atoms with E-state index in [1.165, 1.54) is 128 Å². The lowest BCUT2D eigenvalue weighted by Crippen LogP contribution is -2.28. The van der Waals surface area contributed by atoms with Gasteiger partial charge in [-0.2, -0.15) is 0 Å². The molecule has 62 heavy (non-hydrogen) atoms. The third-order valence-corrected chi connectivity index (χ3v) is 10.9. The highest BCUT2D eigenvalue weighted by Crippen LogP contribution is 2.16. The Labute approximate surface area is 383 Å². The summed E-state index contributed by atoms with van der Waals surface area (Å²) in [5.74, 6) is -0.684. The third kappa shape index (κ3) is 49.5. The van der Waals surface area contributed by atoms with Crippen molar-refractivity contribution in [1.29, 1.82) is 0 Å². The topological polar surface area (TPSA) is 72.8 Å². The van der Waals surface area contributed by atoms with Crippen molar-refractivity contribution < 1.29 is 24.2 Å². The Hall–Kier alpha value is -3.18. The van der Waals surface area contributed by atoms with Crippen molar-refractivity contribution in [3.05, 3.63) is 97.2 Å². The molecule has 0 saturated carbocycles. The number of carbonyl (C=O) groups excluding carboxylic acids is 2. The largest absolute Gasteiger partial charge is 0.462 e. The highest BCUT2D eigenvalue weighted by molar-refractivity contribution is 5.70. The summed E-state index contributed by atoms with van der Waals surface area (Å²) in [6, 6.07) is 0. The maximum atomic E-state index is 12.2. The van der Waals surface area contributed by atoms with Crippen molar-refractivity contribution >= 4 is 11.9 Å². The molecule has 1 unspecified atom stereocenters. The third-order valence-electron chi connectivity index (χ3n) is 10.9. The number of ether oxygens (including phenoxy) is 2. The molecule has 0 fully saturated rings. The molecule has 0 aromatic carbocycles. The molecule has 0 aromatic heterocycles. The summed E-state index contributed by atoms with van der Waals surface area (Å²) in [6.45, 7) is 3.85. The first kappa shape index (κ1) is 58.8. The number of carbonyl (C=O) groups is 2. The molecule has 0 radical (unpaired) electrons. The van der Waals surface area contributed by atoms with Gasteiger partial charge < -0.3 is 14.6 Å². The first-order chi connectivity index (χ1) is 30.6. The van der Waals surface area contributed by atoms with Crippen LogP contribution in [0.3, 0.4) is 0 Å². The standard InChI is InChI=1S/C57H96O5/c1-3-5-7-9-11-13-15-17-18-19-20-21-22-23-24-25-26-27-28-29-30-31-32-33-34-35-36-37-38-40-42-44-46-48-50-52-57(60)62-55(53-58)54-61-56(59)51-49-47-45-43-41-39-16-14-12-10-8-6-4-2/h5-8,11-14,17-18,20-21,39,41,45,47,55,58H,3-4,9-10,15-16,19,22-38,40,42-44,46,48-54H2,1-2H3/b7-5-,8-6-,13-11-,14-12-,18-17-,21-20-,41-39-,47-45-. The van der Waals surface area contributed by atoms with Crippen LogP contribution in [0.1, 0.15) is 232 Å². The number of aliphatic hydroxyl groups excluding tert-OH is 1. The molecular formula is C57H96O5. The van der Waals surface area contributed by atoms with Gasteiger partial charge in [-0.05, 0) is 77.0 Å². The van der Waals surface area contributed by atoms with Gasteiger partial charge in [-0.25, -0.2) is 0 Å². The van der Waals surface area contributed by atoms with Gasteiger partial charge in [-0.1, -0.05) is 239 Å². The summed E-state index contributed by atoms with van der Waals surface area (Å²) in [6.07, 6.45) is 74.0. The van der Waals surface area contributed by atoms with E-state index in [1.807, 2.05) is 12.2 Å². The summed E-state index contributed by atoms with van der Waals surface area (Å²) < 4.78 is 10.6. The van der Waals surface area contributed by atoms with E-state index in [2.05, 4.69) is 98.9 Å². The van der Waals surface area contributed by atoms with E-state index < -0.39 is 6.10 Å². The van der Waals surface area contributed by atoms with Crippen molar-refractivity contribution in [1.82, 2.24) is 0 Å². The van der Waals surface area contributed by atoms with Crippen LogP contribution in [0.25, 0.3) is 0 Å². The zero-order chi connectivity index (χ0) is 44.9. The second kappa shape index (κ2) is 52.2. The second-order valence-corrected chi connectivity index (χ2v) is 16.8. The van der Waals surface area contributed by atoms with E-state index >= 15 is 0 Å². The van der Waals surface area contributed by atoms with Crippen LogP contribution in [-0.4, -0.2) is 36.4 Å². The molecule has 1 atom stereocenters. The molecule has 0 aliphatic rings. The molecule has 0 bridgehead atoms. The molecule has 0 aliphatic carbocycles. The van der Waals surface area contributed by atoms with Crippen LogP contribution >= 0.6 is 0 Å². The van der Waals surface area contributed by atoms with Crippen LogP contribution in [0, 0.1) is 0 Å². The van der Waals surface area contributed by atoms with E-state index in [1.54, 1.807) is 0 Å². The van der Waals surface area contributed by atoms with Gasteiger partial charge in [0.15, 0.2) is 6.10 Å². The Kier molecular flexibility index (Phi) is 49.5. The Morgan fingerprint density at radius 2 is 0.677 bits per heavy atom. The van der Waals surface area contributed by atoms with Gasteiger partial charge in [0.1, 0.15) is 6.61 Å². The molecule has 0 spiro atoms. The maximum absolute atomic E-state index is 12.2. The summed E-state index contributed by atoms with van der Waals surface area (Å²) >= 11 is 0. The van der Waals surface area contributed by atoms with Crippen LogP contribution in [-0.2, 0) is 19.1 Å². The number of rotatable bonds is 46. The SMILES string of the molecule is CC/C=C\C/C=C\C/C=C\C/C=C\CCCCCCCCCCCCCCCCCCCCCCCCC(=O)OC(CO)COC(=O)CC/C=C\C/C=C\C/C=C\C/C=C\CC. The highest BCUT2D eigenvalue weighted by atomic mass is 16.6. The van der Waals surface area contributed by atoms with Crippen LogP contribution in [0.2, 0.25) is 0 Å². The summed E-state index contributed by atoms with van der Waals surface area (Å²) in [4.78, 5) is 24.3.